The van der Waals surface area contributed by atoms with Crippen LogP contribution in [-0.4, -0.2) is 8.42 Å². The van der Waals surface area contributed by atoms with Crippen molar-refractivity contribution in [2.75, 3.05) is 4.31 Å². The third-order valence-electron chi connectivity index (χ3n) is 3.97. The van der Waals surface area contributed by atoms with E-state index in [1.54, 1.807) is 42.5 Å². The molecule has 0 fully saturated rings. The van der Waals surface area contributed by atoms with E-state index in [0.717, 1.165) is 11.1 Å². The molecule has 0 unspecified atom stereocenters. The van der Waals surface area contributed by atoms with Gasteiger partial charge in [-0.15, -0.1) is 0 Å². The highest BCUT2D eigenvalue weighted by Gasteiger charge is 2.27. The van der Waals surface area contributed by atoms with Gasteiger partial charge < -0.3 is 0 Å². The van der Waals surface area contributed by atoms with Gasteiger partial charge in [0.05, 0.1) is 17.3 Å². The predicted octanol–water partition coefficient (Wildman–Crippen LogP) is 5.70. The average Bonchev–Trinajstić information content (AvgIpc) is 2.62. The molecule has 0 aliphatic heterocycles. The van der Waals surface area contributed by atoms with E-state index in [4.69, 9.17) is 23.2 Å². The number of halogens is 2. The van der Waals surface area contributed by atoms with Crippen LogP contribution in [-0.2, 0) is 16.6 Å². The third-order valence-corrected chi connectivity index (χ3v) is 6.49. The summed E-state index contributed by atoms with van der Waals surface area (Å²) in [6.45, 7) is 2.18. The molecule has 0 aliphatic rings. The van der Waals surface area contributed by atoms with E-state index in [9.17, 15) is 8.42 Å². The predicted molar refractivity (Wildman–Crippen MR) is 107 cm³/mol. The van der Waals surface area contributed by atoms with Crippen molar-refractivity contribution < 1.29 is 8.42 Å². The molecule has 0 N–H and O–H groups in total. The van der Waals surface area contributed by atoms with Crippen LogP contribution in [0.5, 0.6) is 0 Å². The van der Waals surface area contributed by atoms with Crippen molar-refractivity contribution in [3.63, 3.8) is 0 Å². The zero-order chi connectivity index (χ0) is 18.7. The molecule has 0 saturated heterocycles. The molecular weight excluding hydrogens is 389 g/mol. The summed E-state index contributed by atoms with van der Waals surface area (Å²) in [5, 5.41) is 0.731. The van der Waals surface area contributed by atoms with Gasteiger partial charge in [0.2, 0.25) is 0 Å². The molecule has 0 bridgehead atoms. The highest BCUT2D eigenvalue weighted by Crippen LogP contribution is 2.30. The van der Waals surface area contributed by atoms with Crippen molar-refractivity contribution in [2.24, 2.45) is 0 Å². The van der Waals surface area contributed by atoms with Gasteiger partial charge >= 0.3 is 0 Å². The lowest BCUT2D eigenvalue weighted by Gasteiger charge is -2.25. The number of rotatable bonds is 5. The van der Waals surface area contributed by atoms with Crippen LogP contribution < -0.4 is 4.31 Å². The molecule has 0 atom stereocenters. The Balaban J connectivity index is 2.09. The summed E-state index contributed by atoms with van der Waals surface area (Å²) in [4.78, 5) is 0.0729. The van der Waals surface area contributed by atoms with E-state index in [2.05, 4.69) is 0 Å². The fourth-order valence-electron chi connectivity index (χ4n) is 2.55. The average molecular weight is 406 g/mol. The number of nitrogens with zero attached hydrogens (tertiary/aromatic N) is 1. The van der Waals surface area contributed by atoms with Crippen LogP contribution in [0.1, 0.15) is 11.1 Å². The van der Waals surface area contributed by atoms with Gasteiger partial charge in [0.25, 0.3) is 10.0 Å². The molecule has 3 aromatic carbocycles. The van der Waals surface area contributed by atoms with Crippen LogP contribution >= 0.6 is 23.2 Å². The largest absolute Gasteiger partial charge is 0.266 e. The molecule has 0 saturated carbocycles. The van der Waals surface area contributed by atoms with Crippen LogP contribution in [0, 0.1) is 6.92 Å². The second-order valence-corrected chi connectivity index (χ2v) is 8.58. The highest BCUT2D eigenvalue weighted by atomic mass is 35.5. The minimum Gasteiger partial charge on any atom is -0.262 e. The quantitative estimate of drug-likeness (QED) is 0.545. The van der Waals surface area contributed by atoms with E-state index < -0.39 is 10.0 Å². The van der Waals surface area contributed by atoms with E-state index in [1.807, 2.05) is 31.2 Å². The fraction of sp³-hybridized carbons (Fsp3) is 0.100. The van der Waals surface area contributed by atoms with Crippen molar-refractivity contribution >= 4 is 38.9 Å². The molecule has 3 nitrogen and oxygen atoms in total. The molecule has 26 heavy (non-hydrogen) atoms. The van der Waals surface area contributed by atoms with Crippen LogP contribution in [0.15, 0.2) is 77.7 Å². The van der Waals surface area contributed by atoms with Gasteiger partial charge in [0.15, 0.2) is 0 Å². The van der Waals surface area contributed by atoms with Gasteiger partial charge in [0, 0.05) is 5.02 Å². The number of hydrogen-bond acceptors (Lipinski definition) is 2. The first-order chi connectivity index (χ1) is 12.4. The third kappa shape index (κ3) is 4.04. The number of hydrogen-bond donors (Lipinski definition) is 0. The summed E-state index contributed by atoms with van der Waals surface area (Å²) in [5.74, 6) is 0. The number of sulfonamides is 1. The maximum absolute atomic E-state index is 13.3. The van der Waals surface area contributed by atoms with Crippen molar-refractivity contribution in [1.29, 1.82) is 0 Å². The number of benzene rings is 3. The first kappa shape index (κ1) is 18.8. The molecule has 0 amide bonds. The van der Waals surface area contributed by atoms with Crippen molar-refractivity contribution in [3.05, 3.63) is 94.0 Å². The zero-order valence-corrected chi connectivity index (χ0v) is 16.4. The molecule has 0 aromatic heterocycles. The summed E-state index contributed by atoms with van der Waals surface area (Å²) < 4.78 is 28.0. The molecule has 0 spiro atoms. The highest BCUT2D eigenvalue weighted by molar-refractivity contribution is 7.93. The first-order valence-corrected chi connectivity index (χ1v) is 10.2. The molecule has 0 radical (unpaired) electrons. The Hall–Kier alpha value is -2.01. The maximum atomic E-state index is 13.3. The van der Waals surface area contributed by atoms with Crippen molar-refractivity contribution in [3.8, 4) is 0 Å². The molecule has 6 heteroatoms. The van der Waals surface area contributed by atoms with Gasteiger partial charge in [-0.05, 0) is 48.9 Å². The lowest BCUT2D eigenvalue weighted by molar-refractivity contribution is 0.590. The monoisotopic (exact) mass is 405 g/mol. The lowest BCUT2D eigenvalue weighted by atomic mass is 10.1. The first-order valence-electron chi connectivity index (χ1n) is 7.96. The van der Waals surface area contributed by atoms with Gasteiger partial charge in [-0.25, -0.2) is 8.42 Å². The van der Waals surface area contributed by atoms with Crippen molar-refractivity contribution in [2.45, 2.75) is 18.4 Å². The molecule has 3 aromatic rings. The van der Waals surface area contributed by atoms with Gasteiger partial charge in [-0.3, -0.25) is 4.31 Å². The summed E-state index contributed by atoms with van der Waals surface area (Å²) in [7, 11) is -3.85. The molecular formula is C20H17Cl2NO2S. The van der Waals surface area contributed by atoms with Crippen LogP contribution in [0.4, 0.5) is 5.69 Å². The molecule has 3 rings (SSSR count). The normalized spacial score (nSPS) is 11.3. The van der Waals surface area contributed by atoms with Gasteiger partial charge in [0.1, 0.15) is 4.90 Å². The summed E-state index contributed by atoms with van der Waals surface area (Å²) in [6.07, 6.45) is 0. The van der Waals surface area contributed by atoms with Crippen LogP contribution in [0.25, 0.3) is 0 Å². The molecule has 134 valence electrons. The van der Waals surface area contributed by atoms with E-state index in [1.165, 1.54) is 10.4 Å². The lowest BCUT2D eigenvalue weighted by Crippen LogP contribution is -2.30. The van der Waals surface area contributed by atoms with Gasteiger partial charge in [-0.2, -0.15) is 0 Å². The Labute approximate surface area is 163 Å². The zero-order valence-electron chi connectivity index (χ0n) is 14.1. The fourth-order valence-corrected chi connectivity index (χ4v) is 4.63. The summed E-state index contributed by atoms with van der Waals surface area (Å²) in [6, 6.07) is 20.9. The van der Waals surface area contributed by atoms with Crippen LogP contribution in [0.2, 0.25) is 10.0 Å². The second kappa shape index (κ2) is 7.70. The topological polar surface area (TPSA) is 37.4 Å². The second-order valence-electron chi connectivity index (χ2n) is 5.90. The smallest absolute Gasteiger partial charge is 0.262 e. The number of anilines is 1. The molecule has 0 aliphatic carbocycles. The number of aryl methyl sites for hydroxylation is 1. The van der Waals surface area contributed by atoms with Gasteiger partial charge in [-0.1, -0.05) is 65.2 Å². The Morgan fingerprint density at radius 1 is 0.846 bits per heavy atom. The van der Waals surface area contributed by atoms with Crippen LogP contribution in [0.3, 0.4) is 0 Å². The summed E-state index contributed by atoms with van der Waals surface area (Å²) >= 11 is 12.1. The van der Waals surface area contributed by atoms with E-state index in [-0.39, 0.29) is 16.5 Å². The minimum absolute atomic E-state index is 0.0729. The Kier molecular flexibility index (Phi) is 5.56. The maximum Gasteiger partial charge on any atom is 0.266 e. The SMILES string of the molecule is Cc1ccc(CN(c2ccc(Cl)cc2)S(=O)(=O)c2ccccc2Cl)cc1. The Morgan fingerprint density at radius 2 is 1.46 bits per heavy atom. The standard InChI is InChI=1S/C20H17Cl2NO2S/c1-15-6-8-16(9-7-15)14-23(18-12-10-17(21)11-13-18)26(24,25)20-5-3-2-4-19(20)22/h2-13H,14H2,1H3. The van der Waals surface area contributed by atoms with E-state index >= 15 is 0 Å². The Morgan fingerprint density at radius 3 is 2.08 bits per heavy atom. The Bertz CT molecular complexity index is 1000. The van der Waals surface area contributed by atoms with E-state index in [0.29, 0.717) is 10.7 Å². The summed E-state index contributed by atoms with van der Waals surface area (Å²) in [5.41, 5.74) is 2.51. The van der Waals surface area contributed by atoms with Crippen molar-refractivity contribution in [1.82, 2.24) is 0 Å². The minimum atomic E-state index is -3.85. The molecule has 0 heterocycles.